The van der Waals surface area contributed by atoms with E-state index in [9.17, 15) is 5.11 Å². The van der Waals surface area contributed by atoms with Crippen LogP contribution < -0.4 is 9.47 Å². The highest BCUT2D eigenvalue weighted by molar-refractivity contribution is 6.31. The van der Waals surface area contributed by atoms with Crippen molar-refractivity contribution >= 4 is 23.2 Å². The fourth-order valence-electron chi connectivity index (χ4n) is 2.26. The molecule has 0 bridgehead atoms. The number of phenolic OH excluding ortho intramolecular Hbond substituents is 1. The fraction of sp³-hybridized carbons (Fsp3) is 0.100. The van der Waals surface area contributed by atoms with Gasteiger partial charge in [-0.3, -0.25) is 0 Å². The molecule has 0 saturated heterocycles. The maximum Gasteiger partial charge on any atom is 0.161 e. The Morgan fingerprint density at radius 2 is 1.28 bits per heavy atom. The van der Waals surface area contributed by atoms with E-state index >= 15 is 0 Å². The molecule has 0 amide bonds. The molecule has 0 aliphatic rings. The first-order valence-electron chi connectivity index (χ1n) is 7.69. The van der Waals surface area contributed by atoms with Crippen molar-refractivity contribution in [2.45, 2.75) is 13.2 Å². The molecule has 0 heterocycles. The molecule has 0 aromatic heterocycles. The largest absolute Gasteiger partial charge is 0.504 e. The summed E-state index contributed by atoms with van der Waals surface area (Å²) in [6.45, 7) is 0.589. The summed E-state index contributed by atoms with van der Waals surface area (Å²) >= 11 is 12.2. The van der Waals surface area contributed by atoms with Gasteiger partial charge in [0.05, 0.1) is 0 Å². The normalized spacial score (nSPS) is 10.5. The van der Waals surface area contributed by atoms with Crippen molar-refractivity contribution in [2.24, 2.45) is 0 Å². The topological polar surface area (TPSA) is 38.7 Å². The smallest absolute Gasteiger partial charge is 0.161 e. The summed E-state index contributed by atoms with van der Waals surface area (Å²) in [4.78, 5) is 0. The van der Waals surface area contributed by atoms with Crippen LogP contribution in [0.2, 0.25) is 10.0 Å². The van der Waals surface area contributed by atoms with Gasteiger partial charge in [-0.1, -0.05) is 59.6 Å². The number of rotatable bonds is 6. The monoisotopic (exact) mass is 374 g/mol. The minimum Gasteiger partial charge on any atom is -0.504 e. The van der Waals surface area contributed by atoms with Crippen LogP contribution in [0.4, 0.5) is 0 Å². The zero-order valence-electron chi connectivity index (χ0n) is 13.3. The van der Waals surface area contributed by atoms with E-state index in [-0.39, 0.29) is 12.4 Å². The lowest BCUT2D eigenvalue weighted by Crippen LogP contribution is -1.98. The molecule has 3 nitrogen and oxygen atoms in total. The predicted molar refractivity (Wildman–Crippen MR) is 99.7 cm³/mol. The van der Waals surface area contributed by atoms with Crippen molar-refractivity contribution < 1.29 is 14.6 Å². The SMILES string of the molecule is Oc1cc(OCc2ccccc2Cl)ccc1OCc1ccccc1Cl. The molecule has 0 aliphatic carbocycles. The highest BCUT2D eigenvalue weighted by Gasteiger charge is 2.07. The van der Waals surface area contributed by atoms with Crippen LogP contribution in [0.5, 0.6) is 17.2 Å². The van der Waals surface area contributed by atoms with E-state index in [4.69, 9.17) is 32.7 Å². The molecular weight excluding hydrogens is 359 g/mol. The lowest BCUT2D eigenvalue weighted by Gasteiger charge is -2.12. The summed E-state index contributed by atoms with van der Waals surface area (Å²) in [5.74, 6) is 0.899. The minimum atomic E-state index is 0.00344. The highest BCUT2D eigenvalue weighted by Crippen LogP contribution is 2.32. The lowest BCUT2D eigenvalue weighted by molar-refractivity contribution is 0.282. The van der Waals surface area contributed by atoms with Gasteiger partial charge in [-0.25, -0.2) is 0 Å². The van der Waals surface area contributed by atoms with Crippen LogP contribution in [0.15, 0.2) is 66.7 Å². The number of aromatic hydroxyl groups is 1. The van der Waals surface area contributed by atoms with Gasteiger partial charge < -0.3 is 14.6 Å². The number of hydrogen-bond donors (Lipinski definition) is 1. The molecule has 1 N–H and O–H groups in total. The molecule has 0 atom stereocenters. The number of phenols is 1. The van der Waals surface area contributed by atoms with Crippen LogP contribution >= 0.6 is 23.2 Å². The molecule has 0 aliphatic heterocycles. The Labute approximate surface area is 156 Å². The third-order valence-corrected chi connectivity index (χ3v) is 4.36. The fourth-order valence-corrected chi connectivity index (χ4v) is 2.64. The van der Waals surface area contributed by atoms with Gasteiger partial charge >= 0.3 is 0 Å². The Hall–Kier alpha value is -2.36. The van der Waals surface area contributed by atoms with E-state index in [2.05, 4.69) is 0 Å². The van der Waals surface area contributed by atoms with Gasteiger partial charge in [0.15, 0.2) is 11.5 Å². The van der Waals surface area contributed by atoms with Crippen molar-refractivity contribution in [2.75, 3.05) is 0 Å². The van der Waals surface area contributed by atoms with Crippen molar-refractivity contribution in [3.63, 3.8) is 0 Å². The second-order valence-corrected chi connectivity index (χ2v) is 6.20. The van der Waals surface area contributed by atoms with Gasteiger partial charge in [0.2, 0.25) is 0 Å². The summed E-state index contributed by atoms with van der Waals surface area (Å²) in [6, 6.07) is 19.8. The van der Waals surface area contributed by atoms with Gasteiger partial charge in [-0.2, -0.15) is 0 Å². The molecular formula is C20H16Cl2O3. The summed E-state index contributed by atoms with van der Waals surface area (Å²) < 4.78 is 11.3. The van der Waals surface area contributed by atoms with Crippen LogP contribution in [-0.2, 0) is 13.2 Å². The van der Waals surface area contributed by atoms with Crippen molar-refractivity contribution in [3.05, 3.63) is 87.9 Å². The number of benzene rings is 3. The van der Waals surface area contributed by atoms with E-state index in [0.717, 1.165) is 11.1 Å². The van der Waals surface area contributed by atoms with Crippen LogP contribution in [0.25, 0.3) is 0 Å². The van der Waals surface area contributed by atoms with Gasteiger partial charge in [0.25, 0.3) is 0 Å². The van der Waals surface area contributed by atoms with E-state index in [1.165, 1.54) is 6.07 Å². The van der Waals surface area contributed by atoms with Crippen LogP contribution in [0, 0.1) is 0 Å². The number of halogens is 2. The number of hydrogen-bond acceptors (Lipinski definition) is 3. The van der Waals surface area contributed by atoms with Crippen molar-refractivity contribution in [3.8, 4) is 17.2 Å². The summed E-state index contributed by atoms with van der Waals surface area (Å²) in [6.07, 6.45) is 0. The van der Waals surface area contributed by atoms with Gasteiger partial charge in [0, 0.05) is 27.2 Å². The highest BCUT2D eigenvalue weighted by atomic mass is 35.5. The molecule has 5 heteroatoms. The maximum atomic E-state index is 10.1. The Morgan fingerprint density at radius 1 is 0.720 bits per heavy atom. The Morgan fingerprint density at radius 3 is 1.84 bits per heavy atom. The zero-order valence-corrected chi connectivity index (χ0v) is 14.8. The van der Waals surface area contributed by atoms with Gasteiger partial charge in [-0.05, 0) is 24.3 Å². The third-order valence-electron chi connectivity index (χ3n) is 3.62. The average molecular weight is 375 g/mol. The van der Waals surface area contributed by atoms with E-state index in [1.807, 2.05) is 42.5 Å². The minimum absolute atomic E-state index is 0.00344. The molecule has 0 radical (unpaired) electrons. The predicted octanol–water partition coefficient (Wildman–Crippen LogP) is 5.86. The van der Waals surface area contributed by atoms with Crippen LogP contribution in [-0.4, -0.2) is 5.11 Å². The van der Waals surface area contributed by atoms with Gasteiger partial charge in [-0.15, -0.1) is 0 Å². The summed E-state index contributed by atoms with van der Waals surface area (Å²) in [5, 5.41) is 11.4. The Kier molecular flexibility index (Phi) is 5.69. The van der Waals surface area contributed by atoms with E-state index in [1.54, 1.807) is 18.2 Å². The first kappa shape index (κ1) is 17.5. The molecule has 0 unspecified atom stereocenters. The zero-order chi connectivity index (χ0) is 17.6. The van der Waals surface area contributed by atoms with Crippen molar-refractivity contribution in [1.82, 2.24) is 0 Å². The summed E-state index contributed by atoms with van der Waals surface area (Å²) in [7, 11) is 0. The second-order valence-electron chi connectivity index (χ2n) is 5.39. The van der Waals surface area contributed by atoms with E-state index < -0.39 is 0 Å². The third kappa shape index (κ3) is 4.59. The first-order chi connectivity index (χ1) is 12.1. The quantitative estimate of drug-likeness (QED) is 0.587. The van der Waals surface area contributed by atoms with Crippen LogP contribution in [0.3, 0.4) is 0 Å². The molecule has 128 valence electrons. The second kappa shape index (κ2) is 8.15. The molecule has 3 rings (SSSR count). The molecule has 3 aromatic rings. The van der Waals surface area contributed by atoms with Gasteiger partial charge in [0.1, 0.15) is 19.0 Å². The molecule has 0 saturated carbocycles. The summed E-state index contributed by atoms with van der Waals surface area (Å²) in [5.41, 5.74) is 1.73. The number of ether oxygens (including phenoxy) is 2. The first-order valence-corrected chi connectivity index (χ1v) is 8.44. The van der Waals surface area contributed by atoms with Crippen molar-refractivity contribution in [1.29, 1.82) is 0 Å². The molecule has 3 aromatic carbocycles. The molecule has 0 fully saturated rings. The lowest BCUT2D eigenvalue weighted by atomic mass is 10.2. The van der Waals surface area contributed by atoms with E-state index in [0.29, 0.717) is 28.2 Å². The Bertz CT molecular complexity index is 865. The standard InChI is InChI=1S/C20H16Cl2O3/c21-17-7-3-1-5-14(17)12-24-16-9-10-20(19(23)11-16)25-13-15-6-2-4-8-18(15)22/h1-11,23H,12-13H2. The maximum absolute atomic E-state index is 10.1. The average Bonchev–Trinajstić information content (AvgIpc) is 2.61. The molecule has 0 spiro atoms. The van der Waals surface area contributed by atoms with Crippen LogP contribution in [0.1, 0.15) is 11.1 Å². The molecule has 25 heavy (non-hydrogen) atoms. The Balaban J connectivity index is 1.63.